The molecule has 114 valence electrons. The van der Waals surface area contributed by atoms with Crippen molar-refractivity contribution in [3.05, 3.63) is 50.1 Å². The van der Waals surface area contributed by atoms with Gasteiger partial charge in [0.25, 0.3) is 0 Å². The van der Waals surface area contributed by atoms with Crippen molar-refractivity contribution in [2.75, 3.05) is 13.7 Å². The van der Waals surface area contributed by atoms with Gasteiger partial charge in [-0.05, 0) is 58.9 Å². The molecular formula is C17H22BrNOS. The zero-order valence-electron chi connectivity index (χ0n) is 12.8. The van der Waals surface area contributed by atoms with Gasteiger partial charge in [0.1, 0.15) is 5.75 Å². The molecule has 0 aliphatic carbocycles. The molecule has 0 spiro atoms. The summed E-state index contributed by atoms with van der Waals surface area (Å²) in [5.74, 6) is 0.969. The van der Waals surface area contributed by atoms with Gasteiger partial charge in [-0.15, -0.1) is 11.3 Å². The molecule has 1 aromatic carbocycles. The van der Waals surface area contributed by atoms with E-state index in [1.165, 1.54) is 20.5 Å². The van der Waals surface area contributed by atoms with Gasteiger partial charge < -0.3 is 10.1 Å². The van der Waals surface area contributed by atoms with Gasteiger partial charge >= 0.3 is 0 Å². The molecule has 0 aliphatic rings. The Hall–Kier alpha value is -0.840. The number of ether oxygens (including phenoxy) is 1. The van der Waals surface area contributed by atoms with E-state index in [0.717, 1.165) is 25.1 Å². The van der Waals surface area contributed by atoms with Crippen LogP contribution in [0.2, 0.25) is 0 Å². The number of hydrogen-bond donors (Lipinski definition) is 1. The van der Waals surface area contributed by atoms with Crippen molar-refractivity contribution in [3.8, 4) is 5.75 Å². The molecule has 21 heavy (non-hydrogen) atoms. The Morgan fingerprint density at radius 3 is 2.76 bits per heavy atom. The molecule has 0 radical (unpaired) electrons. The predicted molar refractivity (Wildman–Crippen MR) is 94.5 cm³/mol. The number of hydrogen-bond acceptors (Lipinski definition) is 3. The van der Waals surface area contributed by atoms with E-state index in [9.17, 15) is 0 Å². The van der Waals surface area contributed by atoms with Crippen molar-refractivity contribution in [1.29, 1.82) is 0 Å². The van der Waals surface area contributed by atoms with Crippen molar-refractivity contribution in [1.82, 2.24) is 5.32 Å². The van der Waals surface area contributed by atoms with Crippen LogP contribution >= 0.6 is 27.3 Å². The first-order chi connectivity index (χ1) is 10.2. The largest absolute Gasteiger partial charge is 0.496 e. The highest BCUT2D eigenvalue weighted by Gasteiger charge is 2.18. The average molecular weight is 368 g/mol. The Morgan fingerprint density at radius 1 is 1.33 bits per heavy atom. The third-order valence-electron chi connectivity index (χ3n) is 3.49. The minimum Gasteiger partial charge on any atom is -0.496 e. The Morgan fingerprint density at radius 2 is 2.14 bits per heavy atom. The highest BCUT2D eigenvalue weighted by Crippen LogP contribution is 2.32. The molecule has 1 N–H and O–H groups in total. The van der Waals surface area contributed by atoms with Crippen molar-refractivity contribution in [3.63, 3.8) is 0 Å². The fraction of sp³-hybridized carbons (Fsp3) is 0.412. The second-order valence-electron chi connectivity index (χ2n) is 5.15. The van der Waals surface area contributed by atoms with Crippen LogP contribution in [0.4, 0.5) is 0 Å². The molecule has 4 heteroatoms. The van der Waals surface area contributed by atoms with Crippen molar-refractivity contribution in [2.45, 2.75) is 32.7 Å². The fourth-order valence-electron chi connectivity index (χ4n) is 2.37. The summed E-state index contributed by atoms with van der Waals surface area (Å²) in [7, 11) is 1.75. The molecule has 1 atom stereocenters. The van der Waals surface area contributed by atoms with Gasteiger partial charge in [0.05, 0.1) is 7.11 Å². The standard InChI is InChI=1S/C17H22BrNOS/c1-4-8-19-15(11-17-14(18)7-9-21-17)13-6-5-12(2)10-16(13)20-3/h5-7,9-10,15,19H,4,8,11H2,1-3H3. The van der Waals surface area contributed by atoms with E-state index >= 15 is 0 Å². The summed E-state index contributed by atoms with van der Waals surface area (Å²) in [6, 6.07) is 8.84. The molecular weight excluding hydrogens is 346 g/mol. The molecule has 0 amide bonds. The summed E-state index contributed by atoms with van der Waals surface area (Å²) in [5, 5.41) is 5.78. The highest BCUT2D eigenvalue weighted by atomic mass is 79.9. The Kier molecular flexibility index (Phi) is 6.27. The minimum absolute atomic E-state index is 0.274. The number of rotatable bonds is 7. The molecule has 2 aromatic rings. The number of thiophene rings is 1. The summed E-state index contributed by atoms with van der Waals surface area (Å²) < 4.78 is 6.78. The molecule has 1 heterocycles. The van der Waals surface area contributed by atoms with E-state index in [4.69, 9.17) is 4.74 Å². The average Bonchev–Trinajstić information content (AvgIpc) is 2.88. The normalized spacial score (nSPS) is 12.4. The van der Waals surface area contributed by atoms with Gasteiger partial charge in [-0.3, -0.25) is 0 Å². The van der Waals surface area contributed by atoms with Crippen LogP contribution in [0.15, 0.2) is 34.1 Å². The molecule has 2 nitrogen and oxygen atoms in total. The smallest absolute Gasteiger partial charge is 0.123 e. The predicted octanol–water partition coefficient (Wildman–Crippen LogP) is 5.11. The first-order valence-electron chi connectivity index (χ1n) is 7.25. The van der Waals surface area contributed by atoms with Crippen molar-refractivity contribution in [2.24, 2.45) is 0 Å². The fourth-order valence-corrected chi connectivity index (χ4v) is 3.93. The maximum Gasteiger partial charge on any atom is 0.123 e. The first-order valence-corrected chi connectivity index (χ1v) is 8.92. The molecule has 0 saturated carbocycles. The lowest BCUT2D eigenvalue weighted by Gasteiger charge is -2.21. The summed E-state index contributed by atoms with van der Waals surface area (Å²) in [5.41, 5.74) is 2.46. The van der Waals surface area contributed by atoms with E-state index < -0.39 is 0 Å². The van der Waals surface area contributed by atoms with Crippen LogP contribution in [0.1, 0.15) is 35.4 Å². The Bertz CT molecular complexity index is 582. The Balaban J connectivity index is 2.29. The molecule has 0 saturated heterocycles. The number of aryl methyl sites for hydroxylation is 1. The van der Waals surface area contributed by atoms with Crippen LogP contribution < -0.4 is 10.1 Å². The van der Waals surface area contributed by atoms with Gasteiger partial charge in [0, 0.05) is 27.4 Å². The lowest BCUT2D eigenvalue weighted by Crippen LogP contribution is -2.24. The maximum absolute atomic E-state index is 5.59. The molecule has 1 aromatic heterocycles. The van der Waals surface area contributed by atoms with Gasteiger partial charge in [-0.2, -0.15) is 0 Å². The van der Waals surface area contributed by atoms with Gasteiger partial charge in [-0.1, -0.05) is 19.1 Å². The van der Waals surface area contributed by atoms with Crippen LogP contribution in [0.3, 0.4) is 0 Å². The van der Waals surface area contributed by atoms with E-state index in [-0.39, 0.29) is 6.04 Å². The second-order valence-corrected chi connectivity index (χ2v) is 7.00. The lowest BCUT2D eigenvalue weighted by molar-refractivity contribution is 0.398. The minimum atomic E-state index is 0.274. The van der Waals surface area contributed by atoms with Crippen molar-refractivity contribution >= 4 is 27.3 Å². The monoisotopic (exact) mass is 367 g/mol. The van der Waals surface area contributed by atoms with Gasteiger partial charge in [-0.25, -0.2) is 0 Å². The van der Waals surface area contributed by atoms with Crippen LogP contribution in [-0.2, 0) is 6.42 Å². The molecule has 0 aliphatic heterocycles. The molecule has 1 unspecified atom stereocenters. The van der Waals surface area contributed by atoms with Crippen LogP contribution in [-0.4, -0.2) is 13.7 Å². The van der Waals surface area contributed by atoms with Gasteiger partial charge in [0.2, 0.25) is 0 Å². The zero-order chi connectivity index (χ0) is 15.2. The third kappa shape index (κ3) is 4.31. The van der Waals surface area contributed by atoms with E-state index in [1.54, 1.807) is 18.4 Å². The number of benzene rings is 1. The molecule has 2 rings (SSSR count). The summed E-state index contributed by atoms with van der Waals surface area (Å²) in [6.45, 7) is 5.29. The Labute approximate surface area is 139 Å². The maximum atomic E-state index is 5.59. The van der Waals surface area contributed by atoms with E-state index in [2.05, 4.69) is 64.7 Å². The van der Waals surface area contributed by atoms with Crippen LogP contribution in [0.5, 0.6) is 5.75 Å². The number of halogens is 1. The zero-order valence-corrected chi connectivity index (χ0v) is 15.2. The summed E-state index contributed by atoms with van der Waals surface area (Å²) in [4.78, 5) is 1.37. The first kappa shape index (κ1) is 16.5. The van der Waals surface area contributed by atoms with E-state index in [1.807, 2.05) is 0 Å². The number of methoxy groups -OCH3 is 1. The lowest BCUT2D eigenvalue weighted by atomic mass is 10.00. The third-order valence-corrected chi connectivity index (χ3v) is 5.43. The van der Waals surface area contributed by atoms with Crippen molar-refractivity contribution < 1.29 is 4.74 Å². The SMILES string of the molecule is CCCNC(Cc1sccc1Br)c1ccc(C)cc1OC. The van der Waals surface area contributed by atoms with E-state index in [0.29, 0.717) is 0 Å². The molecule has 0 bridgehead atoms. The highest BCUT2D eigenvalue weighted by molar-refractivity contribution is 9.10. The quantitative estimate of drug-likeness (QED) is 0.733. The van der Waals surface area contributed by atoms with Gasteiger partial charge in [0.15, 0.2) is 0 Å². The second kappa shape index (κ2) is 7.97. The molecule has 0 fully saturated rings. The number of nitrogens with one attached hydrogen (secondary N) is 1. The summed E-state index contributed by atoms with van der Waals surface area (Å²) in [6.07, 6.45) is 2.09. The van der Waals surface area contributed by atoms with Crippen LogP contribution in [0, 0.1) is 6.92 Å². The summed E-state index contributed by atoms with van der Waals surface area (Å²) >= 11 is 5.43. The topological polar surface area (TPSA) is 21.3 Å². The van der Waals surface area contributed by atoms with Crippen LogP contribution in [0.25, 0.3) is 0 Å².